The van der Waals surface area contributed by atoms with Crippen LogP contribution in [0.5, 0.6) is 11.5 Å². The number of nitrogens with one attached hydrogen (secondary N) is 2. The number of piperidine rings is 1. The van der Waals surface area contributed by atoms with Gasteiger partial charge in [-0.3, -0.25) is 39.1 Å². The highest BCUT2D eigenvalue weighted by Gasteiger charge is 2.45. The van der Waals surface area contributed by atoms with Gasteiger partial charge >= 0.3 is 0 Å². The van der Waals surface area contributed by atoms with Crippen LogP contribution in [-0.2, 0) is 9.59 Å². The van der Waals surface area contributed by atoms with Gasteiger partial charge in [0.15, 0.2) is 23.2 Å². The predicted molar refractivity (Wildman–Crippen MR) is 192 cm³/mol. The van der Waals surface area contributed by atoms with E-state index < -0.39 is 47.2 Å². The lowest BCUT2D eigenvalue weighted by molar-refractivity contribution is -0.136. The number of anilines is 1. The maximum absolute atomic E-state index is 15.3. The summed E-state index contributed by atoms with van der Waals surface area (Å²) in [6.07, 6.45) is 4.03. The second kappa shape index (κ2) is 16.0. The fourth-order valence-electron chi connectivity index (χ4n) is 7.28. The van der Waals surface area contributed by atoms with Gasteiger partial charge in [-0.15, -0.1) is 0 Å². The van der Waals surface area contributed by atoms with Crippen LogP contribution in [0.3, 0.4) is 0 Å². The molecule has 0 spiro atoms. The van der Waals surface area contributed by atoms with Gasteiger partial charge in [-0.05, 0) is 62.4 Å². The summed E-state index contributed by atoms with van der Waals surface area (Å²) in [5.74, 6) is -4.17. The SMILES string of the molecule is N#Cc1ccc(O[C@H]2CC[C@H](NC(=O)c3cnc(N4CCN(CCOc5cc6c(cc5F)C(=O)N(C5CCC(=O)NC5=O)C6=O)CC4)c(F)c3)CC2)cc1Cl. The molecule has 7 rings (SSSR count). The zero-order chi connectivity index (χ0) is 38.8. The van der Waals surface area contributed by atoms with Crippen LogP contribution in [0.15, 0.2) is 42.6 Å². The summed E-state index contributed by atoms with van der Waals surface area (Å²) >= 11 is 6.11. The molecule has 3 fully saturated rings. The molecule has 4 aliphatic rings. The zero-order valence-electron chi connectivity index (χ0n) is 29.5. The van der Waals surface area contributed by atoms with E-state index >= 15 is 4.39 Å². The first kappa shape index (κ1) is 37.6. The molecule has 55 heavy (non-hydrogen) atoms. The highest BCUT2D eigenvalue weighted by molar-refractivity contribution is 6.31. The first-order chi connectivity index (χ1) is 26.5. The minimum atomic E-state index is -1.16. The first-order valence-corrected chi connectivity index (χ1v) is 18.3. The summed E-state index contributed by atoms with van der Waals surface area (Å²) in [6, 6.07) is 8.97. The Kier molecular flexibility index (Phi) is 10.9. The topological polar surface area (TPSA) is 174 Å². The Hall–Kier alpha value is -5.66. The van der Waals surface area contributed by atoms with Crippen LogP contribution in [0.1, 0.15) is 75.2 Å². The van der Waals surface area contributed by atoms with Crippen LogP contribution < -0.4 is 25.0 Å². The van der Waals surface area contributed by atoms with Crippen LogP contribution in [0, 0.1) is 23.0 Å². The molecule has 0 radical (unpaired) electrons. The van der Waals surface area contributed by atoms with Crippen molar-refractivity contribution >= 4 is 47.0 Å². The van der Waals surface area contributed by atoms with Crippen LogP contribution in [0.2, 0.25) is 5.02 Å². The number of benzene rings is 2. The number of carbonyl (C=O) groups is 5. The lowest BCUT2D eigenvalue weighted by atomic mass is 9.92. The van der Waals surface area contributed by atoms with Crippen molar-refractivity contribution < 1.29 is 42.2 Å². The average Bonchev–Trinajstić information content (AvgIpc) is 3.40. The monoisotopic (exact) mass is 775 g/mol. The van der Waals surface area contributed by atoms with Crippen molar-refractivity contribution in [1.29, 1.82) is 5.26 Å². The van der Waals surface area contributed by atoms with Gasteiger partial charge < -0.3 is 19.7 Å². The fraction of sp³-hybridized carbons (Fsp3) is 0.395. The number of imide groups is 2. The number of hydrogen-bond donors (Lipinski definition) is 2. The highest BCUT2D eigenvalue weighted by Crippen LogP contribution is 2.33. The normalized spacial score (nSPS) is 21.5. The van der Waals surface area contributed by atoms with E-state index in [1.54, 1.807) is 23.1 Å². The maximum atomic E-state index is 15.3. The van der Waals surface area contributed by atoms with Crippen molar-refractivity contribution in [2.45, 2.75) is 56.7 Å². The van der Waals surface area contributed by atoms with E-state index in [-0.39, 0.29) is 59.9 Å². The van der Waals surface area contributed by atoms with Gasteiger partial charge in [0.2, 0.25) is 11.8 Å². The smallest absolute Gasteiger partial charge is 0.262 e. The summed E-state index contributed by atoms with van der Waals surface area (Å²) in [6.45, 7) is 2.39. The molecule has 0 bridgehead atoms. The second-order valence-corrected chi connectivity index (χ2v) is 14.2. The Morgan fingerprint density at radius 1 is 0.964 bits per heavy atom. The number of nitrogens with zero attached hydrogens (tertiary/aromatic N) is 5. The molecule has 1 aliphatic carbocycles. The Balaban J connectivity index is 0.853. The lowest BCUT2D eigenvalue weighted by Crippen LogP contribution is -2.54. The highest BCUT2D eigenvalue weighted by atomic mass is 35.5. The summed E-state index contributed by atoms with van der Waals surface area (Å²) in [4.78, 5) is 71.7. The van der Waals surface area contributed by atoms with Gasteiger partial charge in [-0.2, -0.15) is 5.26 Å². The molecular formula is C38H36ClF2N7O7. The molecule has 1 atom stereocenters. The molecule has 4 heterocycles. The zero-order valence-corrected chi connectivity index (χ0v) is 30.2. The van der Waals surface area contributed by atoms with E-state index in [2.05, 4.69) is 15.6 Å². The quantitative estimate of drug-likeness (QED) is 0.288. The number of halogens is 3. The van der Waals surface area contributed by atoms with E-state index in [1.807, 2.05) is 11.0 Å². The first-order valence-electron chi connectivity index (χ1n) is 18.0. The number of fused-ring (bicyclic) bond motifs is 1. The molecule has 2 aromatic carbocycles. The Bertz CT molecular complexity index is 2100. The van der Waals surface area contributed by atoms with Crippen LogP contribution in [0.4, 0.5) is 14.6 Å². The number of piperazine rings is 1. The summed E-state index contributed by atoms with van der Waals surface area (Å²) in [5.41, 5.74) is 0.234. The molecule has 3 aliphatic heterocycles. The molecule has 17 heteroatoms. The van der Waals surface area contributed by atoms with Gasteiger partial charge in [-0.1, -0.05) is 11.6 Å². The van der Waals surface area contributed by atoms with Crippen molar-refractivity contribution in [3.05, 3.63) is 81.5 Å². The lowest BCUT2D eigenvalue weighted by Gasteiger charge is -2.35. The van der Waals surface area contributed by atoms with E-state index in [0.717, 1.165) is 17.0 Å². The Labute approximate surface area is 319 Å². The molecule has 1 saturated carbocycles. The molecule has 3 aromatic rings. The Morgan fingerprint density at radius 3 is 2.36 bits per heavy atom. The van der Waals surface area contributed by atoms with Gasteiger partial charge in [0.25, 0.3) is 17.7 Å². The minimum absolute atomic E-state index is 0.0137. The average molecular weight is 776 g/mol. The number of pyridine rings is 1. The van der Waals surface area contributed by atoms with E-state index in [1.165, 1.54) is 12.3 Å². The van der Waals surface area contributed by atoms with Crippen LogP contribution >= 0.6 is 11.6 Å². The van der Waals surface area contributed by atoms with Crippen molar-refractivity contribution in [1.82, 2.24) is 25.4 Å². The van der Waals surface area contributed by atoms with Gasteiger partial charge in [0.1, 0.15) is 24.5 Å². The largest absolute Gasteiger partial charge is 0.490 e. The molecule has 286 valence electrons. The third-order valence-electron chi connectivity index (χ3n) is 10.3. The van der Waals surface area contributed by atoms with Gasteiger partial charge in [0.05, 0.1) is 33.4 Å². The van der Waals surface area contributed by atoms with Crippen LogP contribution in [-0.4, -0.2) is 102 Å². The van der Waals surface area contributed by atoms with Gasteiger partial charge in [-0.25, -0.2) is 13.8 Å². The number of amides is 5. The fourth-order valence-corrected chi connectivity index (χ4v) is 7.50. The predicted octanol–water partition coefficient (Wildman–Crippen LogP) is 3.61. The van der Waals surface area contributed by atoms with Crippen molar-refractivity contribution in [3.63, 3.8) is 0 Å². The number of nitriles is 1. The second-order valence-electron chi connectivity index (χ2n) is 13.8. The number of rotatable bonds is 10. The summed E-state index contributed by atoms with van der Waals surface area (Å²) in [5, 5.41) is 14.5. The van der Waals surface area contributed by atoms with E-state index in [9.17, 15) is 28.4 Å². The molecule has 14 nitrogen and oxygen atoms in total. The third-order valence-corrected chi connectivity index (χ3v) is 10.6. The van der Waals surface area contributed by atoms with E-state index in [4.69, 9.17) is 26.3 Å². The number of carbonyl (C=O) groups excluding carboxylic acids is 5. The van der Waals surface area contributed by atoms with Crippen molar-refractivity contribution in [2.24, 2.45) is 0 Å². The third kappa shape index (κ3) is 8.08. The van der Waals surface area contributed by atoms with E-state index in [0.29, 0.717) is 74.7 Å². The summed E-state index contributed by atoms with van der Waals surface area (Å²) < 4.78 is 41.9. The Morgan fingerprint density at radius 2 is 1.69 bits per heavy atom. The number of hydrogen-bond acceptors (Lipinski definition) is 11. The molecule has 1 unspecified atom stereocenters. The molecular weight excluding hydrogens is 740 g/mol. The standard InChI is InChI=1S/C38H36ClF2N7O7/c39-28-16-25(4-1-21(28)19-42)55-24-5-2-23(3-6-24)44-35(50)22-15-30(41)34(43-20-22)47-11-9-46(10-12-47)13-14-54-32-18-27-26(17-29(32)40)37(52)48(38(27)53)31-7-8-33(49)45-36(31)51/h1,4,15-18,20,23-24,31H,2-3,5-14H2,(H,44,50)(H,45,49,51)/t23-,24-,31?. The number of ether oxygens (including phenoxy) is 2. The van der Waals surface area contributed by atoms with Crippen molar-refractivity contribution in [3.8, 4) is 17.6 Å². The maximum Gasteiger partial charge on any atom is 0.262 e. The number of aromatic nitrogens is 1. The van der Waals surface area contributed by atoms with Gasteiger partial charge in [0, 0.05) is 57.4 Å². The molecule has 1 aromatic heterocycles. The molecule has 5 amide bonds. The summed E-state index contributed by atoms with van der Waals surface area (Å²) in [7, 11) is 0. The van der Waals surface area contributed by atoms with Crippen molar-refractivity contribution in [2.75, 3.05) is 44.2 Å². The molecule has 2 saturated heterocycles. The molecule has 2 N–H and O–H groups in total. The van der Waals surface area contributed by atoms with Crippen LogP contribution in [0.25, 0.3) is 0 Å². The minimum Gasteiger partial charge on any atom is -0.490 e.